The lowest BCUT2D eigenvalue weighted by molar-refractivity contribution is 0.102. The minimum atomic E-state index is -0.220. The van der Waals surface area contributed by atoms with Crippen LogP contribution in [0.1, 0.15) is 18.9 Å². The van der Waals surface area contributed by atoms with Gasteiger partial charge in [-0.1, -0.05) is 71.8 Å². The number of halogens is 1. The van der Waals surface area contributed by atoms with E-state index in [1.807, 2.05) is 35.2 Å². The lowest BCUT2D eigenvalue weighted by Gasteiger charge is -2.17. The van der Waals surface area contributed by atoms with Crippen molar-refractivity contribution < 1.29 is 9.53 Å². The van der Waals surface area contributed by atoms with Crippen molar-refractivity contribution in [2.24, 2.45) is 11.8 Å². The van der Waals surface area contributed by atoms with Gasteiger partial charge in [-0.15, -0.1) is 0 Å². The third-order valence-corrected chi connectivity index (χ3v) is 4.84. The lowest BCUT2D eigenvalue weighted by atomic mass is 9.89. The van der Waals surface area contributed by atoms with Gasteiger partial charge in [0.15, 0.2) is 0 Å². The van der Waals surface area contributed by atoms with Crippen LogP contribution in [0.5, 0.6) is 0 Å². The van der Waals surface area contributed by atoms with Crippen molar-refractivity contribution in [3.8, 4) is 0 Å². The van der Waals surface area contributed by atoms with Crippen LogP contribution in [0.15, 0.2) is 42.5 Å². The van der Waals surface area contributed by atoms with Crippen LogP contribution in [0.3, 0.4) is 0 Å². The van der Waals surface area contributed by atoms with Gasteiger partial charge in [-0.25, -0.2) is 4.79 Å². The maximum Gasteiger partial charge on any atom is 0.410 e. The van der Waals surface area contributed by atoms with Crippen LogP contribution < -0.4 is 0 Å². The Hall–Kier alpha value is -1.29. The molecule has 2 atom stereocenters. The van der Waals surface area contributed by atoms with Gasteiger partial charge in [0.05, 0.1) is 0 Å². The van der Waals surface area contributed by atoms with E-state index in [9.17, 15) is 4.79 Å². The SMILES string of the molecule is C=C(CBr)[C@@H]1CN(C(=O)OCc2ccccc2)C[C@@H]1CC. The molecule has 1 aromatic rings. The third kappa shape index (κ3) is 4.10. The van der Waals surface area contributed by atoms with Crippen molar-refractivity contribution in [3.63, 3.8) is 0 Å². The first-order valence-electron chi connectivity index (χ1n) is 7.35. The molecule has 0 saturated carbocycles. The van der Waals surface area contributed by atoms with E-state index in [1.54, 1.807) is 0 Å². The molecule has 0 aromatic heterocycles. The van der Waals surface area contributed by atoms with Gasteiger partial charge in [0, 0.05) is 24.3 Å². The number of rotatable bonds is 5. The molecule has 3 nitrogen and oxygen atoms in total. The average Bonchev–Trinajstić information content (AvgIpc) is 2.97. The molecule has 1 amide bonds. The zero-order valence-electron chi connectivity index (χ0n) is 12.4. The molecular weight excluding hydrogens is 330 g/mol. The van der Waals surface area contributed by atoms with Crippen LogP contribution in [0.4, 0.5) is 4.79 Å². The highest BCUT2D eigenvalue weighted by atomic mass is 79.9. The normalized spacial score (nSPS) is 21.3. The number of hydrogen-bond acceptors (Lipinski definition) is 2. The average molecular weight is 352 g/mol. The molecule has 0 bridgehead atoms. The number of nitrogens with zero attached hydrogens (tertiary/aromatic N) is 1. The van der Waals surface area contributed by atoms with Gasteiger partial charge in [0.1, 0.15) is 6.61 Å². The molecule has 4 heteroatoms. The molecule has 1 heterocycles. The van der Waals surface area contributed by atoms with E-state index >= 15 is 0 Å². The molecule has 114 valence electrons. The Bertz CT molecular complexity index is 489. The van der Waals surface area contributed by atoms with Crippen molar-refractivity contribution in [3.05, 3.63) is 48.0 Å². The summed E-state index contributed by atoms with van der Waals surface area (Å²) in [4.78, 5) is 14.0. The summed E-state index contributed by atoms with van der Waals surface area (Å²) in [5.74, 6) is 0.859. The molecule has 0 radical (unpaired) electrons. The molecular formula is C17H22BrNO2. The number of alkyl halides is 1. The summed E-state index contributed by atoms with van der Waals surface area (Å²) in [5.41, 5.74) is 2.18. The van der Waals surface area contributed by atoms with E-state index < -0.39 is 0 Å². The first kappa shape index (κ1) is 16.1. The highest BCUT2D eigenvalue weighted by molar-refractivity contribution is 9.09. The van der Waals surface area contributed by atoms with Gasteiger partial charge in [-0.3, -0.25) is 0 Å². The number of amides is 1. The second-order valence-electron chi connectivity index (χ2n) is 5.51. The molecule has 0 N–H and O–H groups in total. The number of carbonyl (C=O) groups is 1. The van der Waals surface area contributed by atoms with Gasteiger partial charge in [-0.05, 0) is 11.5 Å². The Labute approximate surface area is 135 Å². The van der Waals surface area contributed by atoms with Crippen molar-refractivity contribution in [1.29, 1.82) is 0 Å². The fourth-order valence-corrected chi connectivity index (χ4v) is 3.22. The van der Waals surface area contributed by atoms with E-state index in [4.69, 9.17) is 4.74 Å². The quantitative estimate of drug-likeness (QED) is 0.586. The van der Waals surface area contributed by atoms with E-state index in [-0.39, 0.29) is 6.09 Å². The topological polar surface area (TPSA) is 29.5 Å². The van der Waals surface area contributed by atoms with Crippen molar-refractivity contribution >= 4 is 22.0 Å². The number of ether oxygens (including phenoxy) is 1. The van der Waals surface area contributed by atoms with Gasteiger partial charge in [0.2, 0.25) is 0 Å². The van der Waals surface area contributed by atoms with Crippen LogP contribution in [0, 0.1) is 11.8 Å². The second-order valence-corrected chi connectivity index (χ2v) is 6.07. The minimum Gasteiger partial charge on any atom is -0.445 e. The molecule has 1 fully saturated rings. The Morgan fingerprint density at radius 2 is 2.10 bits per heavy atom. The molecule has 2 rings (SSSR count). The first-order valence-corrected chi connectivity index (χ1v) is 8.47. The van der Waals surface area contributed by atoms with Crippen molar-refractivity contribution in [2.75, 3.05) is 18.4 Å². The number of likely N-dealkylation sites (tertiary alicyclic amines) is 1. The number of hydrogen-bond donors (Lipinski definition) is 0. The first-order chi connectivity index (χ1) is 10.2. The van der Waals surface area contributed by atoms with Crippen molar-refractivity contribution in [1.82, 2.24) is 4.90 Å². The van der Waals surface area contributed by atoms with Gasteiger partial charge < -0.3 is 9.64 Å². The Kier molecular flexibility index (Phi) is 5.85. The van der Waals surface area contributed by atoms with Crippen LogP contribution in [-0.2, 0) is 11.3 Å². The van der Waals surface area contributed by atoms with Gasteiger partial charge >= 0.3 is 6.09 Å². The van der Waals surface area contributed by atoms with Crippen LogP contribution in [-0.4, -0.2) is 29.4 Å². The zero-order chi connectivity index (χ0) is 15.2. The fraction of sp³-hybridized carbons (Fsp3) is 0.471. The zero-order valence-corrected chi connectivity index (χ0v) is 14.0. The summed E-state index contributed by atoms with van der Waals surface area (Å²) < 4.78 is 5.41. The maximum absolute atomic E-state index is 12.2. The molecule has 0 aliphatic carbocycles. The van der Waals surface area contributed by atoms with Crippen LogP contribution in [0.25, 0.3) is 0 Å². The summed E-state index contributed by atoms with van der Waals surface area (Å²) in [6, 6.07) is 9.77. The van der Waals surface area contributed by atoms with Crippen LogP contribution in [0.2, 0.25) is 0 Å². The Balaban J connectivity index is 1.90. The predicted octanol–water partition coefficient (Wildman–Crippen LogP) is 4.23. The molecule has 21 heavy (non-hydrogen) atoms. The highest BCUT2D eigenvalue weighted by Crippen LogP contribution is 2.32. The predicted molar refractivity (Wildman–Crippen MR) is 88.4 cm³/mol. The monoisotopic (exact) mass is 351 g/mol. The number of benzene rings is 1. The Morgan fingerprint density at radius 1 is 1.38 bits per heavy atom. The number of carbonyl (C=O) groups excluding carboxylic acids is 1. The van der Waals surface area contributed by atoms with Gasteiger partial charge in [-0.2, -0.15) is 0 Å². The van der Waals surface area contributed by atoms with E-state index in [2.05, 4.69) is 29.4 Å². The molecule has 1 aliphatic rings. The summed E-state index contributed by atoms with van der Waals surface area (Å²) in [5, 5.41) is 0.793. The summed E-state index contributed by atoms with van der Waals surface area (Å²) >= 11 is 3.47. The molecule has 0 spiro atoms. The lowest BCUT2D eigenvalue weighted by Crippen LogP contribution is -2.29. The summed E-state index contributed by atoms with van der Waals surface area (Å²) in [6.07, 6.45) is 0.835. The summed E-state index contributed by atoms with van der Waals surface area (Å²) in [6.45, 7) is 8.09. The maximum atomic E-state index is 12.2. The molecule has 0 unspecified atom stereocenters. The third-order valence-electron chi connectivity index (χ3n) is 4.12. The van der Waals surface area contributed by atoms with Gasteiger partial charge in [0.25, 0.3) is 0 Å². The second kappa shape index (κ2) is 7.64. The summed E-state index contributed by atoms with van der Waals surface area (Å²) in [7, 11) is 0. The van der Waals surface area contributed by atoms with E-state index in [0.717, 1.165) is 30.4 Å². The molecule has 1 aliphatic heterocycles. The molecule has 1 saturated heterocycles. The standard InChI is InChI=1S/C17H22BrNO2/c1-3-15-10-19(11-16(15)13(2)9-18)17(20)21-12-14-7-5-4-6-8-14/h4-8,15-16H,2-3,9-12H2,1H3/t15-,16-/m0/s1. The van der Waals surface area contributed by atoms with E-state index in [0.29, 0.717) is 18.4 Å². The highest BCUT2D eigenvalue weighted by Gasteiger charge is 2.35. The largest absolute Gasteiger partial charge is 0.445 e. The van der Waals surface area contributed by atoms with Crippen molar-refractivity contribution in [2.45, 2.75) is 20.0 Å². The van der Waals surface area contributed by atoms with E-state index in [1.165, 1.54) is 5.57 Å². The fourth-order valence-electron chi connectivity index (χ4n) is 2.81. The molecule has 1 aromatic carbocycles. The smallest absolute Gasteiger partial charge is 0.410 e. The minimum absolute atomic E-state index is 0.220. The Morgan fingerprint density at radius 3 is 2.71 bits per heavy atom. The van der Waals surface area contributed by atoms with Crippen LogP contribution >= 0.6 is 15.9 Å².